The molecule has 3 N–H and O–H groups in total. The number of carbonyl (C=O) groups is 2. The van der Waals surface area contributed by atoms with E-state index in [0.29, 0.717) is 33.6 Å². The van der Waals surface area contributed by atoms with Crippen LogP contribution in [0.2, 0.25) is 0 Å². The van der Waals surface area contributed by atoms with Crippen LogP contribution in [0.1, 0.15) is 32.4 Å². The molecule has 2 amide bonds. The number of nitrogens with zero attached hydrogens (tertiary/aromatic N) is 1. The van der Waals surface area contributed by atoms with Crippen LogP contribution < -0.4 is 25.4 Å². The van der Waals surface area contributed by atoms with Gasteiger partial charge in [-0.2, -0.15) is 0 Å². The summed E-state index contributed by atoms with van der Waals surface area (Å²) in [6, 6.07) is 11.3. The van der Waals surface area contributed by atoms with Crippen LogP contribution in [0, 0.1) is 0 Å². The number of nitrogens with one attached hydrogen (secondary N) is 3. The molecule has 0 radical (unpaired) electrons. The number of allylic oxidation sites excluding steroid dienone is 1. The van der Waals surface area contributed by atoms with Gasteiger partial charge < -0.3 is 35.1 Å². The molecule has 0 saturated carbocycles. The first kappa shape index (κ1) is 25.8. The normalized spacial score (nSPS) is 15.5. The summed E-state index contributed by atoms with van der Waals surface area (Å²) in [5.41, 5.74) is 3.11. The lowest BCUT2D eigenvalue weighted by Gasteiger charge is -2.35. The highest BCUT2D eigenvalue weighted by Crippen LogP contribution is 2.32. The topological polar surface area (TPSA) is 101 Å². The molecule has 10 heteroatoms. The summed E-state index contributed by atoms with van der Waals surface area (Å²) >= 11 is 5.44. The summed E-state index contributed by atoms with van der Waals surface area (Å²) in [7, 11) is 4.88. The van der Waals surface area contributed by atoms with Crippen molar-refractivity contribution in [3.63, 3.8) is 0 Å². The Balaban J connectivity index is 1.77. The van der Waals surface area contributed by atoms with Gasteiger partial charge in [-0.25, -0.2) is 9.59 Å². The van der Waals surface area contributed by atoms with Gasteiger partial charge in [-0.05, 0) is 50.7 Å². The third kappa shape index (κ3) is 6.21. The summed E-state index contributed by atoms with van der Waals surface area (Å²) in [4.78, 5) is 27.1. The average Bonchev–Trinajstić information content (AvgIpc) is 2.81. The van der Waals surface area contributed by atoms with Crippen molar-refractivity contribution < 1.29 is 23.8 Å². The number of amides is 2. The second-order valence-electron chi connectivity index (χ2n) is 8.20. The molecule has 186 valence electrons. The summed E-state index contributed by atoms with van der Waals surface area (Å²) < 4.78 is 15.9. The van der Waals surface area contributed by atoms with E-state index in [1.807, 2.05) is 19.1 Å². The van der Waals surface area contributed by atoms with Crippen LogP contribution in [-0.4, -0.2) is 49.4 Å². The van der Waals surface area contributed by atoms with E-state index in [-0.39, 0.29) is 6.10 Å². The average molecular weight is 499 g/mol. The zero-order valence-electron chi connectivity index (χ0n) is 20.6. The molecule has 1 aliphatic rings. The van der Waals surface area contributed by atoms with Gasteiger partial charge in [-0.15, -0.1) is 0 Å². The third-order valence-electron chi connectivity index (χ3n) is 5.43. The lowest BCUT2D eigenvalue weighted by molar-refractivity contribution is -0.143. The number of anilines is 2. The first-order valence-electron chi connectivity index (χ1n) is 11.0. The fourth-order valence-corrected chi connectivity index (χ4v) is 3.81. The molecule has 0 spiro atoms. The maximum atomic E-state index is 12.9. The Kier molecular flexibility index (Phi) is 8.18. The third-order valence-corrected chi connectivity index (χ3v) is 5.82. The number of ether oxygens (including phenoxy) is 3. The lowest BCUT2D eigenvalue weighted by Crippen LogP contribution is -2.46. The number of benzene rings is 2. The standard InChI is InChI=1S/C25H30N4O5S/c1-14(2)34-23(30)21-15(3)29(4)25(35)28-22(21)16-7-9-17(10-8-16)26-24(31)27-18-11-19(32-5)13-20(12-18)33-6/h7-14,22H,1-6H3,(H,28,35)(H2,26,27,31)/t22-/m0/s1. The molecule has 35 heavy (non-hydrogen) atoms. The minimum atomic E-state index is -0.475. The van der Waals surface area contributed by atoms with E-state index in [4.69, 9.17) is 26.4 Å². The van der Waals surface area contributed by atoms with Crippen molar-refractivity contribution in [1.82, 2.24) is 10.2 Å². The summed E-state index contributed by atoms with van der Waals surface area (Å²) in [6.07, 6.45) is -0.253. The molecule has 2 aromatic carbocycles. The molecule has 9 nitrogen and oxygen atoms in total. The Hall–Kier alpha value is -3.79. The van der Waals surface area contributed by atoms with E-state index in [1.165, 1.54) is 14.2 Å². The van der Waals surface area contributed by atoms with E-state index in [0.717, 1.165) is 11.3 Å². The second kappa shape index (κ2) is 11.1. The Labute approximate surface area is 210 Å². The van der Waals surface area contributed by atoms with Crippen molar-refractivity contribution in [3.8, 4) is 11.5 Å². The van der Waals surface area contributed by atoms with Crippen LogP contribution in [0.4, 0.5) is 16.2 Å². The summed E-state index contributed by atoms with van der Waals surface area (Å²) in [5, 5.41) is 9.26. The molecule has 0 aromatic heterocycles. The van der Waals surface area contributed by atoms with E-state index in [2.05, 4.69) is 16.0 Å². The van der Waals surface area contributed by atoms with Gasteiger partial charge in [0.15, 0.2) is 5.11 Å². The van der Waals surface area contributed by atoms with Crippen molar-refractivity contribution in [2.45, 2.75) is 32.9 Å². The largest absolute Gasteiger partial charge is 0.497 e. The quantitative estimate of drug-likeness (QED) is 0.381. The van der Waals surface area contributed by atoms with E-state index in [9.17, 15) is 9.59 Å². The van der Waals surface area contributed by atoms with E-state index in [1.54, 1.807) is 56.1 Å². The Morgan fingerprint density at radius 3 is 2.11 bits per heavy atom. The maximum Gasteiger partial charge on any atom is 0.338 e. The minimum absolute atomic E-state index is 0.253. The van der Waals surface area contributed by atoms with Gasteiger partial charge in [0.05, 0.1) is 31.9 Å². The number of hydrogen-bond donors (Lipinski definition) is 3. The highest BCUT2D eigenvalue weighted by molar-refractivity contribution is 7.80. The molecule has 0 aliphatic carbocycles. The summed E-state index contributed by atoms with van der Waals surface area (Å²) in [6.45, 7) is 5.45. The maximum absolute atomic E-state index is 12.9. The molecule has 1 heterocycles. The number of rotatable bonds is 7. The first-order chi connectivity index (χ1) is 16.6. The molecule has 2 aromatic rings. The first-order valence-corrected chi connectivity index (χ1v) is 11.4. The molecule has 0 bridgehead atoms. The van der Waals surface area contributed by atoms with Crippen LogP contribution in [-0.2, 0) is 9.53 Å². The summed E-state index contributed by atoms with van der Waals surface area (Å²) in [5.74, 6) is 0.713. The minimum Gasteiger partial charge on any atom is -0.497 e. The molecular weight excluding hydrogens is 468 g/mol. The number of hydrogen-bond acceptors (Lipinski definition) is 6. The van der Waals surface area contributed by atoms with Gasteiger partial charge in [0.2, 0.25) is 0 Å². The van der Waals surface area contributed by atoms with Crippen LogP contribution in [0.3, 0.4) is 0 Å². The van der Waals surface area contributed by atoms with Gasteiger partial charge in [0.1, 0.15) is 11.5 Å². The Bertz CT molecular complexity index is 1120. The van der Waals surface area contributed by atoms with Crippen molar-refractivity contribution in [2.75, 3.05) is 31.9 Å². The zero-order valence-corrected chi connectivity index (χ0v) is 21.4. The van der Waals surface area contributed by atoms with Gasteiger partial charge >= 0.3 is 12.0 Å². The van der Waals surface area contributed by atoms with Gasteiger partial charge in [0.25, 0.3) is 0 Å². The van der Waals surface area contributed by atoms with Crippen LogP contribution in [0.25, 0.3) is 0 Å². The van der Waals surface area contributed by atoms with Crippen LogP contribution in [0.5, 0.6) is 11.5 Å². The predicted molar refractivity (Wildman–Crippen MR) is 139 cm³/mol. The molecular formula is C25H30N4O5S. The highest BCUT2D eigenvalue weighted by Gasteiger charge is 2.33. The fraction of sp³-hybridized carbons (Fsp3) is 0.320. The molecule has 0 fully saturated rings. The molecule has 1 aliphatic heterocycles. The van der Waals surface area contributed by atoms with Gasteiger partial charge in [0, 0.05) is 42.3 Å². The number of thiocarbonyl (C=S) groups is 1. The number of carbonyl (C=O) groups excluding carboxylic acids is 2. The Morgan fingerprint density at radius 2 is 1.57 bits per heavy atom. The SMILES string of the molecule is COc1cc(NC(=O)Nc2ccc([C@@H]3NC(=S)N(C)C(C)=C3C(=O)OC(C)C)cc2)cc(OC)c1. The van der Waals surface area contributed by atoms with Crippen LogP contribution >= 0.6 is 12.2 Å². The van der Waals surface area contributed by atoms with E-state index >= 15 is 0 Å². The smallest absolute Gasteiger partial charge is 0.338 e. The predicted octanol–water partition coefficient (Wildman–Crippen LogP) is 4.43. The molecule has 0 saturated heterocycles. The highest BCUT2D eigenvalue weighted by atomic mass is 32.1. The molecule has 0 unspecified atom stereocenters. The van der Waals surface area contributed by atoms with Gasteiger partial charge in [-0.1, -0.05) is 12.1 Å². The van der Waals surface area contributed by atoms with Crippen molar-refractivity contribution >= 4 is 40.7 Å². The number of methoxy groups -OCH3 is 2. The Morgan fingerprint density at radius 1 is 1.00 bits per heavy atom. The molecule has 1 atom stereocenters. The second-order valence-corrected chi connectivity index (χ2v) is 8.58. The van der Waals surface area contributed by atoms with Crippen molar-refractivity contribution in [2.24, 2.45) is 0 Å². The van der Waals surface area contributed by atoms with Crippen LogP contribution in [0.15, 0.2) is 53.7 Å². The zero-order chi connectivity index (χ0) is 25.7. The van der Waals surface area contributed by atoms with Crippen molar-refractivity contribution in [1.29, 1.82) is 0 Å². The number of esters is 1. The number of urea groups is 1. The molecule has 3 rings (SSSR count). The fourth-order valence-electron chi connectivity index (χ4n) is 3.56. The van der Waals surface area contributed by atoms with Crippen molar-refractivity contribution in [3.05, 3.63) is 59.3 Å². The van der Waals surface area contributed by atoms with E-state index < -0.39 is 18.0 Å². The lowest BCUT2D eigenvalue weighted by atomic mass is 9.95. The monoisotopic (exact) mass is 498 g/mol. The van der Waals surface area contributed by atoms with Gasteiger partial charge in [-0.3, -0.25) is 0 Å².